The van der Waals surface area contributed by atoms with Crippen molar-refractivity contribution in [2.45, 2.75) is 27.7 Å². The van der Waals surface area contributed by atoms with Crippen LogP contribution >= 0.6 is 0 Å². The number of Topliss-reactive ketones (excluding diaryl/α,β-unsaturated/α-hetero) is 1. The second-order valence-electron chi connectivity index (χ2n) is 5.15. The minimum atomic E-state index is 0.0644. The summed E-state index contributed by atoms with van der Waals surface area (Å²) in [7, 11) is 0. The van der Waals surface area contributed by atoms with Gasteiger partial charge in [0.25, 0.3) is 0 Å². The first-order valence-corrected chi connectivity index (χ1v) is 6.12. The predicted molar refractivity (Wildman–Crippen MR) is 71.4 cm³/mol. The number of carbonyl (C=O) groups excluding carboxylic acids is 1. The number of ketones is 1. The van der Waals surface area contributed by atoms with E-state index < -0.39 is 0 Å². The van der Waals surface area contributed by atoms with Crippen molar-refractivity contribution in [2.75, 3.05) is 0 Å². The summed E-state index contributed by atoms with van der Waals surface area (Å²) in [5.41, 5.74) is 3.04. The third-order valence-electron chi connectivity index (χ3n) is 3.52. The van der Waals surface area contributed by atoms with Crippen LogP contribution in [0, 0.1) is 18.8 Å². The maximum Gasteiger partial charge on any atom is 0.168 e. The summed E-state index contributed by atoms with van der Waals surface area (Å²) in [5.74, 6) is 0.670. The molecule has 0 bridgehead atoms. The average molecular weight is 229 g/mol. The highest BCUT2D eigenvalue weighted by atomic mass is 16.1. The molecule has 0 aliphatic rings. The van der Waals surface area contributed by atoms with Gasteiger partial charge in [-0.2, -0.15) is 0 Å². The Morgan fingerprint density at radius 2 is 1.94 bits per heavy atom. The van der Waals surface area contributed by atoms with Crippen LogP contribution in [0.15, 0.2) is 24.4 Å². The summed E-state index contributed by atoms with van der Waals surface area (Å²) in [5, 5.41) is 1.04. The number of fused-ring (bicyclic) bond motifs is 1. The largest absolute Gasteiger partial charge is 0.360 e. The Morgan fingerprint density at radius 1 is 1.24 bits per heavy atom. The van der Waals surface area contributed by atoms with Gasteiger partial charge < -0.3 is 4.98 Å². The molecule has 2 nitrogen and oxygen atoms in total. The van der Waals surface area contributed by atoms with E-state index >= 15 is 0 Å². The van der Waals surface area contributed by atoms with Gasteiger partial charge in [-0.1, -0.05) is 32.4 Å². The summed E-state index contributed by atoms with van der Waals surface area (Å²) in [4.78, 5) is 15.5. The normalized spacial score (nSPS) is 13.2. The van der Waals surface area contributed by atoms with E-state index in [1.54, 1.807) is 0 Å². The third kappa shape index (κ3) is 2.12. The molecule has 2 aromatic rings. The van der Waals surface area contributed by atoms with Gasteiger partial charge in [-0.15, -0.1) is 0 Å². The fraction of sp³-hybridized carbons (Fsp3) is 0.400. The number of aromatic amines is 1. The molecule has 1 aromatic heterocycles. The first kappa shape index (κ1) is 11.9. The van der Waals surface area contributed by atoms with Crippen LogP contribution in [0.25, 0.3) is 10.9 Å². The van der Waals surface area contributed by atoms with Crippen LogP contribution < -0.4 is 0 Å². The van der Waals surface area contributed by atoms with Crippen molar-refractivity contribution in [3.8, 4) is 0 Å². The Kier molecular flexibility index (Phi) is 3.05. The van der Waals surface area contributed by atoms with Crippen molar-refractivity contribution in [1.29, 1.82) is 0 Å². The molecule has 0 fully saturated rings. The van der Waals surface area contributed by atoms with Gasteiger partial charge in [0, 0.05) is 28.6 Å². The van der Waals surface area contributed by atoms with Crippen LogP contribution in [0.2, 0.25) is 0 Å². The number of hydrogen-bond donors (Lipinski definition) is 1. The zero-order valence-electron chi connectivity index (χ0n) is 10.9. The van der Waals surface area contributed by atoms with Crippen LogP contribution in [0.4, 0.5) is 0 Å². The fourth-order valence-corrected chi connectivity index (χ4v) is 1.99. The number of hydrogen-bond acceptors (Lipinski definition) is 1. The van der Waals surface area contributed by atoms with Crippen molar-refractivity contribution >= 4 is 16.7 Å². The van der Waals surface area contributed by atoms with Crippen LogP contribution in [0.1, 0.15) is 36.7 Å². The molecule has 0 aliphatic heterocycles. The van der Waals surface area contributed by atoms with E-state index in [-0.39, 0.29) is 11.7 Å². The van der Waals surface area contributed by atoms with Gasteiger partial charge >= 0.3 is 0 Å². The molecule has 0 saturated heterocycles. The van der Waals surface area contributed by atoms with E-state index in [0.717, 1.165) is 16.5 Å². The molecule has 17 heavy (non-hydrogen) atoms. The second kappa shape index (κ2) is 4.36. The molecule has 0 spiro atoms. The SMILES string of the molecule is Cc1ccc2[nH]cc(C(=O)C(C)C(C)C)c2c1. The Bertz CT molecular complexity index is 551. The molecule has 0 amide bonds. The molecule has 0 aliphatic carbocycles. The minimum absolute atomic E-state index is 0.0644. The summed E-state index contributed by atoms with van der Waals surface area (Å²) in [6.45, 7) is 8.22. The van der Waals surface area contributed by atoms with Crippen LogP contribution in [0.3, 0.4) is 0 Å². The molecule has 1 aromatic carbocycles. The number of rotatable bonds is 3. The maximum atomic E-state index is 12.4. The zero-order valence-corrected chi connectivity index (χ0v) is 10.9. The Morgan fingerprint density at radius 3 is 2.59 bits per heavy atom. The molecule has 2 heteroatoms. The molecule has 1 unspecified atom stereocenters. The van der Waals surface area contributed by atoms with Crippen molar-refractivity contribution in [3.63, 3.8) is 0 Å². The van der Waals surface area contributed by atoms with Crippen molar-refractivity contribution < 1.29 is 4.79 Å². The number of H-pyrrole nitrogens is 1. The Labute approximate surface area is 102 Å². The molecule has 0 saturated carbocycles. The lowest BCUT2D eigenvalue weighted by Gasteiger charge is -2.13. The van der Waals surface area contributed by atoms with E-state index in [9.17, 15) is 4.79 Å². The van der Waals surface area contributed by atoms with Gasteiger partial charge in [0.1, 0.15) is 0 Å². The standard InChI is InChI=1S/C15H19NO/c1-9(2)11(4)15(17)13-8-16-14-6-5-10(3)7-12(13)14/h5-9,11,16H,1-4H3. The third-order valence-corrected chi connectivity index (χ3v) is 3.52. The molecule has 2 rings (SSSR count). The van der Waals surface area contributed by atoms with Crippen molar-refractivity contribution in [1.82, 2.24) is 4.98 Å². The van der Waals surface area contributed by atoms with Gasteiger partial charge in [0.05, 0.1) is 0 Å². The van der Waals surface area contributed by atoms with Gasteiger partial charge in [0.2, 0.25) is 0 Å². The van der Waals surface area contributed by atoms with E-state index in [2.05, 4.69) is 31.0 Å². The lowest BCUT2D eigenvalue weighted by Crippen LogP contribution is -2.16. The van der Waals surface area contributed by atoms with Gasteiger partial charge in [-0.3, -0.25) is 4.79 Å². The number of aromatic nitrogens is 1. The number of benzene rings is 1. The summed E-state index contributed by atoms with van der Waals surface area (Å²) in [6, 6.07) is 6.16. The second-order valence-corrected chi connectivity index (χ2v) is 5.15. The highest BCUT2D eigenvalue weighted by Crippen LogP contribution is 2.24. The maximum absolute atomic E-state index is 12.4. The monoisotopic (exact) mass is 229 g/mol. The predicted octanol–water partition coefficient (Wildman–Crippen LogP) is 3.95. The molecule has 0 radical (unpaired) electrons. The molecule has 1 heterocycles. The number of nitrogens with one attached hydrogen (secondary N) is 1. The summed E-state index contributed by atoms with van der Waals surface area (Å²) in [6.07, 6.45) is 1.84. The fourth-order valence-electron chi connectivity index (χ4n) is 1.99. The van der Waals surface area contributed by atoms with Crippen LogP contribution in [0.5, 0.6) is 0 Å². The Hall–Kier alpha value is -1.57. The van der Waals surface area contributed by atoms with Gasteiger partial charge in [0.15, 0.2) is 5.78 Å². The van der Waals surface area contributed by atoms with E-state index in [1.807, 2.05) is 26.1 Å². The highest BCUT2D eigenvalue weighted by Gasteiger charge is 2.21. The van der Waals surface area contributed by atoms with Crippen molar-refractivity contribution in [3.05, 3.63) is 35.5 Å². The average Bonchev–Trinajstić information content (AvgIpc) is 2.69. The van der Waals surface area contributed by atoms with Gasteiger partial charge in [-0.25, -0.2) is 0 Å². The first-order valence-electron chi connectivity index (χ1n) is 6.12. The van der Waals surface area contributed by atoms with Gasteiger partial charge in [-0.05, 0) is 25.0 Å². The topological polar surface area (TPSA) is 32.9 Å². The van der Waals surface area contributed by atoms with E-state index in [4.69, 9.17) is 0 Å². The minimum Gasteiger partial charge on any atom is -0.360 e. The Balaban J connectivity index is 2.49. The smallest absolute Gasteiger partial charge is 0.168 e. The lowest BCUT2D eigenvalue weighted by molar-refractivity contribution is 0.0901. The number of carbonyl (C=O) groups is 1. The summed E-state index contributed by atoms with van der Waals surface area (Å²) >= 11 is 0. The zero-order chi connectivity index (χ0) is 12.6. The number of aryl methyl sites for hydroxylation is 1. The highest BCUT2D eigenvalue weighted by molar-refractivity contribution is 6.08. The lowest BCUT2D eigenvalue weighted by atomic mass is 9.89. The molecule has 1 N–H and O–H groups in total. The first-order chi connectivity index (χ1) is 8.00. The van der Waals surface area contributed by atoms with Crippen LogP contribution in [-0.4, -0.2) is 10.8 Å². The van der Waals surface area contributed by atoms with Crippen LogP contribution in [-0.2, 0) is 0 Å². The van der Waals surface area contributed by atoms with Crippen molar-refractivity contribution in [2.24, 2.45) is 11.8 Å². The molecular formula is C15H19NO. The van der Waals surface area contributed by atoms with E-state index in [1.165, 1.54) is 5.56 Å². The molecular weight excluding hydrogens is 210 g/mol. The summed E-state index contributed by atoms with van der Waals surface area (Å²) < 4.78 is 0. The molecule has 90 valence electrons. The quantitative estimate of drug-likeness (QED) is 0.794. The van der Waals surface area contributed by atoms with E-state index in [0.29, 0.717) is 5.92 Å². The molecule has 1 atom stereocenters.